The second-order valence-corrected chi connectivity index (χ2v) is 2.30. The molecule has 0 aliphatic carbocycles. The van der Waals surface area contributed by atoms with Gasteiger partial charge in [-0.3, -0.25) is 4.79 Å². The Kier molecular flexibility index (Phi) is 1.81. The lowest BCUT2D eigenvalue weighted by Gasteiger charge is -2.01. The Labute approximate surface area is 63.9 Å². The molecule has 0 aromatic heterocycles. The van der Waals surface area contributed by atoms with Gasteiger partial charge in [0.05, 0.1) is 0 Å². The zero-order valence-electron chi connectivity index (χ0n) is 6.03. The maximum atomic E-state index is 10.3. The average molecular weight is 152 g/mol. The number of hydrogen-bond acceptors (Lipinski definition) is 3. The monoisotopic (exact) mass is 152 g/mol. The molecule has 0 saturated carbocycles. The number of aldehydes is 1. The van der Waals surface area contributed by atoms with E-state index in [1.54, 1.807) is 6.92 Å². The fourth-order valence-electron chi connectivity index (χ4n) is 0.828. The van der Waals surface area contributed by atoms with Crippen molar-refractivity contribution in [2.75, 3.05) is 0 Å². The van der Waals surface area contributed by atoms with Gasteiger partial charge in [-0.05, 0) is 13.0 Å². The van der Waals surface area contributed by atoms with E-state index in [4.69, 9.17) is 10.2 Å². The highest BCUT2D eigenvalue weighted by atomic mass is 16.3. The van der Waals surface area contributed by atoms with E-state index in [-0.39, 0.29) is 11.5 Å². The minimum absolute atomic E-state index is 0.0629. The van der Waals surface area contributed by atoms with E-state index < -0.39 is 0 Å². The Morgan fingerprint density at radius 1 is 1.36 bits per heavy atom. The largest absolute Gasteiger partial charge is 0.508 e. The fraction of sp³-hybridized carbons (Fsp3) is 0.125. The molecule has 1 aromatic rings. The van der Waals surface area contributed by atoms with Gasteiger partial charge in [-0.2, -0.15) is 0 Å². The first-order valence-electron chi connectivity index (χ1n) is 3.13. The highest BCUT2D eigenvalue weighted by Gasteiger charge is 2.03. The van der Waals surface area contributed by atoms with Gasteiger partial charge in [0.1, 0.15) is 11.5 Å². The molecule has 0 amide bonds. The Hall–Kier alpha value is -1.51. The SMILES string of the molecule is Cc1c(O)cc(O)cc1C=O. The van der Waals surface area contributed by atoms with Crippen LogP contribution in [-0.2, 0) is 0 Å². The molecule has 0 spiro atoms. The van der Waals surface area contributed by atoms with Crippen LogP contribution in [0.3, 0.4) is 0 Å². The van der Waals surface area contributed by atoms with E-state index in [9.17, 15) is 4.79 Å². The molecule has 0 fully saturated rings. The van der Waals surface area contributed by atoms with Gasteiger partial charge < -0.3 is 10.2 Å². The van der Waals surface area contributed by atoms with Crippen LogP contribution < -0.4 is 0 Å². The van der Waals surface area contributed by atoms with Crippen molar-refractivity contribution in [3.05, 3.63) is 23.3 Å². The summed E-state index contributed by atoms with van der Waals surface area (Å²) in [5.74, 6) is -0.165. The Morgan fingerprint density at radius 2 is 2.00 bits per heavy atom. The van der Waals surface area contributed by atoms with Crippen LogP contribution in [0.1, 0.15) is 15.9 Å². The lowest BCUT2D eigenvalue weighted by atomic mass is 10.1. The van der Waals surface area contributed by atoms with Crippen molar-refractivity contribution in [1.29, 1.82) is 0 Å². The van der Waals surface area contributed by atoms with Crippen LogP contribution in [0.15, 0.2) is 12.1 Å². The van der Waals surface area contributed by atoms with Crippen molar-refractivity contribution in [3.63, 3.8) is 0 Å². The van der Waals surface area contributed by atoms with Crippen LogP contribution in [0, 0.1) is 6.92 Å². The van der Waals surface area contributed by atoms with E-state index in [1.807, 2.05) is 0 Å². The molecule has 1 rings (SSSR count). The molecule has 0 aliphatic heterocycles. The summed E-state index contributed by atoms with van der Waals surface area (Å²) in [6.07, 6.45) is 0.592. The molecule has 3 heteroatoms. The van der Waals surface area contributed by atoms with Crippen LogP contribution in [0.25, 0.3) is 0 Å². The van der Waals surface area contributed by atoms with Crippen molar-refractivity contribution < 1.29 is 15.0 Å². The maximum Gasteiger partial charge on any atom is 0.150 e. The molecule has 0 atom stereocenters. The highest BCUT2D eigenvalue weighted by Crippen LogP contribution is 2.24. The number of phenolic OH excluding ortho intramolecular Hbond substituents is 2. The van der Waals surface area contributed by atoms with E-state index in [2.05, 4.69) is 0 Å². The third-order valence-electron chi connectivity index (χ3n) is 1.53. The number of rotatable bonds is 1. The second kappa shape index (κ2) is 2.62. The molecule has 3 nitrogen and oxygen atoms in total. The number of hydrogen-bond donors (Lipinski definition) is 2. The molecule has 58 valence electrons. The fourth-order valence-corrected chi connectivity index (χ4v) is 0.828. The van der Waals surface area contributed by atoms with Gasteiger partial charge >= 0.3 is 0 Å². The first-order chi connectivity index (χ1) is 5.15. The van der Waals surface area contributed by atoms with Gasteiger partial charge in [0.15, 0.2) is 6.29 Å². The van der Waals surface area contributed by atoms with Crippen molar-refractivity contribution in [2.45, 2.75) is 6.92 Å². The van der Waals surface area contributed by atoms with E-state index in [0.29, 0.717) is 17.4 Å². The predicted molar refractivity (Wildman–Crippen MR) is 39.9 cm³/mol. The van der Waals surface area contributed by atoms with Gasteiger partial charge in [0.25, 0.3) is 0 Å². The quantitative estimate of drug-likeness (QED) is 0.595. The molecule has 0 radical (unpaired) electrons. The standard InChI is InChI=1S/C8H8O3/c1-5-6(4-9)2-7(10)3-8(5)11/h2-4,10-11H,1H3. The molecule has 0 unspecified atom stereocenters. The predicted octanol–water partition coefficient (Wildman–Crippen LogP) is 1.22. The van der Waals surface area contributed by atoms with Gasteiger partial charge in [-0.15, -0.1) is 0 Å². The summed E-state index contributed by atoms with van der Waals surface area (Å²) in [5.41, 5.74) is 0.792. The summed E-state index contributed by atoms with van der Waals surface area (Å²) in [4.78, 5) is 10.3. The van der Waals surface area contributed by atoms with Crippen LogP contribution in [0.5, 0.6) is 11.5 Å². The van der Waals surface area contributed by atoms with Gasteiger partial charge in [-0.25, -0.2) is 0 Å². The van der Waals surface area contributed by atoms with Crippen LogP contribution in [0.2, 0.25) is 0 Å². The van der Waals surface area contributed by atoms with E-state index >= 15 is 0 Å². The van der Waals surface area contributed by atoms with Gasteiger partial charge in [0.2, 0.25) is 0 Å². The van der Waals surface area contributed by atoms with Crippen LogP contribution in [-0.4, -0.2) is 16.5 Å². The lowest BCUT2D eigenvalue weighted by Crippen LogP contribution is -1.85. The van der Waals surface area contributed by atoms with Crippen molar-refractivity contribution in [1.82, 2.24) is 0 Å². The number of aromatic hydroxyl groups is 2. The van der Waals surface area contributed by atoms with Crippen LogP contribution in [0.4, 0.5) is 0 Å². The summed E-state index contributed by atoms with van der Waals surface area (Å²) in [5, 5.41) is 18.0. The molecule has 11 heavy (non-hydrogen) atoms. The van der Waals surface area contributed by atoms with Crippen molar-refractivity contribution in [2.24, 2.45) is 0 Å². The Balaban J connectivity index is 3.35. The van der Waals surface area contributed by atoms with Crippen molar-refractivity contribution >= 4 is 6.29 Å². The summed E-state index contributed by atoms with van der Waals surface area (Å²) in [6.45, 7) is 1.61. The topological polar surface area (TPSA) is 57.5 Å². The third kappa shape index (κ3) is 1.32. The van der Waals surface area contributed by atoms with E-state index in [0.717, 1.165) is 0 Å². The smallest absolute Gasteiger partial charge is 0.150 e. The number of phenols is 2. The number of carbonyl (C=O) groups excluding carboxylic acids is 1. The first kappa shape index (κ1) is 7.60. The number of carbonyl (C=O) groups is 1. The summed E-state index contributed by atoms with van der Waals surface area (Å²) in [7, 11) is 0. The molecule has 0 heterocycles. The normalized spacial score (nSPS) is 9.55. The lowest BCUT2D eigenvalue weighted by molar-refractivity contribution is 0.112. The summed E-state index contributed by atoms with van der Waals surface area (Å²) < 4.78 is 0. The molecule has 2 N–H and O–H groups in total. The Morgan fingerprint density at radius 3 is 2.55 bits per heavy atom. The average Bonchev–Trinajstić information content (AvgIpc) is 1.96. The minimum Gasteiger partial charge on any atom is -0.508 e. The second-order valence-electron chi connectivity index (χ2n) is 2.30. The molecule has 0 aliphatic rings. The zero-order chi connectivity index (χ0) is 8.43. The van der Waals surface area contributed by atoms with Gasteiger partial charge in [0, 0.05) is 17.2 Å². The van der Waals surface area contributed by atoms with Crippen molar-refractivity contribution in [3.8, 4) is 11.5 Å². The van der Waals surface area contributed by atoms with E-state index in [1.165, 1.54) is 12.1 Å². The van der Waals surface area contributed by atoms with Crippen LogP contribution >= 0.6 is 0 Å². The zero-order valence-corrected chi connectivity index (χ0v) is 6.03. The first-order valence-corrected chi connectivity index (χ1v) is 3.13. The molecule has 0 saturated heterocycles. The molecular weight excluding hydrogens is 144 g/mol. The Bertz CT molecular complexity index is 292. The molecule has 1 aromatic carbocycles. The molecular formula is C8H8O3. The highest BCUT2D eigenvalue weighted by molar-refractivity contribution is 5.79. The number of benzene rings is 1. The third-order valence-corrected chi connectivity index (χ3v) is 1.53. The molecule has 0 bridgehead atoms. The maximum absolute atomic E-state index is 10.3. The summed E-state index contributed by atoms with van der Waals surface area (Å²) >= 11 is 0. The minimum atomic E-state index is -0.102. The summed E-state index contributed by atoms with van der Waals surface area (Å²) in [6, 6.07) is 2.50. The van der Waals surface area contributed by atoms with Gasteiger partial charge in [-0.1, -0.05) is 0 Å².